The summed E-state index contributed by atoms with van der Waals surface area (Å²) in [7, 11) is 0. The van der Waals surface area contributed by atoms with Crippen molar-refractivity contribution in [3.05, 3.63) is 23.9 Å². The van der Waals surface area contributed by atoms with Gasteiger partial charge in [0.15, 0.2) is 0 Å². The van der Waals surface area contributed by atoms with Gasteiger partial charge in [0.05, 0.1) is 5.69 Å². The summed E-state index contributed by atoms with van der Waals surface area (Å²) in [5, 5.41) is 3.47. The molecule has 0 amide bonds. The van der Waals surface area contributed by atoms with Gasteiger partial charge in [0.2, 0.25) is 0 Å². The average molecular weight is 291 g/mol. The van der Waals surface area contributed by atoms with Gasteiger partial charge in [-0.3, -0.25) is 0 Å². The smallest absolute Gasteiger partial charge is 0.128 e. The molecule has 0 aliphatic carbocycles. The summed E-state index contributed by atoms with van der Waals surface area (Å²) in [4.78, 5) is 7.26. The first-order valence-corrected chi connectivity index (χ1v) is 8.30. The summed E-state index contributed by atoms with van der Waals surface area (Å²) in [5.41, 5.74) is 1.13. The molecule has 0 saturated heterocycles. The lowest BCUT2D eigenvalue weighted by molar-refractivity contribution is 0.540. The van der Waals surface area contributed by atoms with Crippen LogP contribution >= 0.6 is 0 Å². The third-order valence-corrected chi connectivity index (χ3v) is 3.15. The maximum Gasteiger partial charge on any atom is 0.128 e. The van der Waals surface area contributed by atoms with Crippen molar-refractivity contribution < 1.29 is 0 Å². The number of aromatic nitrogens is 1. The predicted molar refractivity (Wildman–Crippen MR) is 92.7 cm³/mol. The standard InChI is InChI=1S/C18H33N3/c1-14(2)10-19-11-17-8-7-9-18(20-17)21(12-15(3)4)13-16(5)6/h7-9,14-16,19H,10-13H2,1-6H3. The minimum absolute atomic E-state index is 0.647. The van der Waals surface area contributed by atoms with E-state index in [9.17, 15) is 0 Å². The fourth-order valence-electron chi connectivity index (χ4n) is 2.37. The molecule has 0 unspecified atom stereocenters. The van der Waals surface area contributed by atoms with Gasteiger partial charge in [-0.1, -0.05) is 47.6 Å². The van der Waals surface area contributed by atoms with Crippen LogP contribution < -0.4 is 10.2 Å². The summed E-state index contributed by atoms with van der Waals surface area (Å²) in [6, 6.07) is 6.37. The molecule has 0 spiro atoms. The van der Waals surface area contributed by atoms with Crippen LogP contribution in [0.1, 0.15) is 47.2 Å². The molecule has 120 valence electrons. The number of rotatable bonds is 9. The minimum atomic E-state index is 0.647. The Labute approximate surface area is 131 Å². The van der Waals surface area contributed by atoms with Crippen molar-refractivity contribution in [1.29, 1.82) is 0 Å². The van der Waals surface area contributed by atoms with E-state index >= 15 is 0 Å². The predicted octanol–water partition coefficient (Wildman–Crippen LogP) is 3.95. The van der Waals surface area contributed by atoms with E-state index in [-0.39, 0.29) is 0 Å². The number of anilines is 1. The lowest BCUT2D eigenvalue weighted by Gasteiger charge is -2.27. The molecule has 21 heavy (non-hydrogen) atoms. The van der Waals surface area contributed by atoms with Crippen molar-refractivity contribution in [2.24, 2.45) is 17.8 Å². The zero-order valence-electron chi connectivity index (χ0n) is 14.7. The van der Waals surface area contributed by atoms with E-state index < -0.39 is 0 Å². The van der Waals surface area contributed by atoms with Gasteiger partial charge >= 0.3 is 0 Å². The molecule has 1 aromatic rings. The Kier molecular flexibility index (Phi) is 7.73. The third kappa shape index (κ3) is 7.47. The summed E-state index contributed by atoms with van der Waals surface area (Å²) in [6.45, 7) is 17.5. The number of nitrogens with one attached hydrogen (secondary N) is 1. The normalized spacial score (nSPS) is 11.7. The maximum atomic E-state index is 4.84. The Balaban J connectivity index is 2.73. The van der Waals surface area contributed by atoms with Gasteiger partial charge in [-0.25, -0.2) is 4.98 Å². The van der Waals surface area contributed by atoms with E-state index in [1.807, 2.05) is 0 Å². The van der Waals surface area contributed by atoms with Gasteiger partial charge in [0.25, 0.3) is 0 Å². The highest BCUT2D eigenvalue weighted by Gasteiger charge is 2.12. The lowest BCUT2D eigenvalue weighted by Crippen LogP contribution is -2.32. The van der Waals surface area contributed by atoms with E-state index in [2.05, 4.69) is 70.0 Å². The first-order valence-electron chi connectivity index (χ1n) is 8.30. The van der Waals surface area contributed by atoms with Crippen LogP contribution in [0.5, 0.6) is 0 Å². The summed E-state index contributed by atoms with van der Waals surface area (Å²) >= 11 is 0. The fourth-order valence-corrected chi connectivity index (χ4v) is 2.37. The van der Waals surface area contributed by atoms with Gasteiger partial charge in [-0.2, -0.15) is 0 Å². The highest BCUT2D eigenvalue weighted by atomic mass is 15.2. The van der Waals surface area contributed by atoms with E-state index in [4.69, 9.17) is 4.98 Å². The zero-order chi connectivity index (χ0) is 15.8. The van der Waals surface area contributed by atoms with Gasteiger partial charge in [-0.05, 0) is 36.4 Å². The number of pyridine rings is 1. The van der Waals surface area contributed by atoms with E-state index in [0.717, 1.165) is 37.7 Å². The van der Waals surface area contributed by atoms with Gasteiger partial charge in [-0.15, -0.1) is 0 Å². The van der Waals surface area contributed by atoms with Crippen LogP contribution in [0.2, 0.25) is 0 Å². The largest absolute Gasteiger partial charge is 0.356 e. The van der Waals surface area contributed by atoms with E-state index in [1.54, 1.807) is 0 Å². The summed E-state index contributed by atoms with van der Waals surface area (Å²) in [6.07, 6.45) is 0. The van der Waals surface area contributed by atoms with Crippen LogP contribution in [-0.4, -0.2) is 24.6 Å². The second kappa shape index (κ2) is 9.04. The Morgan fingerprint density at radius 1 is 0.952 bits per heavy atom. The second-order valence-electron chi connectivity index (χ2n) is 7.20. The molecule has 0 radical (unpaired) electrons. The van der Waals surface area contributed by atoms with Crippen molar-refractivity contribution >= 4 is 5.82 Å². The number of hydrogen-bond donors (Lipinski definition) is 1. The molecule has 0 atom stereocenters. The molecular formula is C18H33N3. The van der Waals surface area contributed by atoms with E-state index in [1.165, 1.54) is 0 Å². The van der Waals surface area contributed by atoms with Gasteiger partial charge in [0.1, 0.15) is 5.82 Å². The molecule has 0 bridgehead atoms. The van der Waals surface area contributed by atoms with Crippen LogP contribution in [0.3, 0.4) is 0 Å². The molecule has 1 rings (SSSR count). The van der Waals surface area contributed by atoms with Gasteiger partial charge < -0.3 is 10.2 Å². The van der Waals surface area contributed by atoms with Crippen molar-refractivity contribution in [2.75, 3.05) is 24.5 Å². The van der Waals surface area contributed by atoms with Crippen molar-refractivity contribution in [2.45, 2.75) is 48.1 Å². The molecule has 0 aliphatic heterocycles. The molecule has 0 aromatic carbocycles. The highest BCUT2D eigenvalue weighted by Crippen LogP contribution is 2.15. The Bertz CT molecular complexity index is 389. The summed E-state index contributed by atoms with van der Waals surface area (Å²) < 4.78 is 0. The van der Waals surface area contributed by atoms with E-state index in [0.29, 0.717) is 17.8 Å². The molecule has 3 nitrogen and oxygen atoms in total. The quantitative estimate of drug-likeness (QED) is 0.747. The first kappa shape index (κ1) is 18.0. The van der Waals surface area contributed by atoms with Crippen molar-refractivity contribution in [1.82, 2.24) is 10.3 Å². The molecule has 1 heterocycles. The number of hydrogen-bond acceptors (Lipinski definition) is 3. The maximum absolute atomic E-state index is 4.84. The van der Waals surface area contributed by atoms with Crippen LogP contribution in [0.4, 0.5) is 5.82 Å². The monoisotopic (exact) mass is 291 g/mol. The Morgan fingerprint density at radius 3 is 2.10 bits per heavy atom. The second-order valence-corrected chi connectivity index (χ2v) is 7.20. The molecule has 1 aromatic heterocycles. The Morgan fingerprint density at radius 2 is 1.57 bits per heavy atom. The SMILES string of the molecule is CC(C)CNCc1cccc(N(CC(C)C)CC(C)C)n1. The molecular weight excluding hydrogens is 258 g/mol. The third-order valence-electron chi connectivity index (χ3n) is 3.15. The number of nitrogens with zero attached hydrogens (tertiary/aromatic N) is 2. The van der Waals surface area contributed by atoms with Gasteiger partial charge in [0, 0.05) is 19.6 Å². The van der Waals surface area contributed by atoms with Crippen LogP contribution in [-0.2, 0) is 6.54 Å². The first-order chi connectivity index (χ1) is 9.88. The topological polar surface area (TPSA) is 28.2 Å². The highest BCUT2D eigenvalue weighted by molar-refractivity contribution is 5.39. The molecule has 3 heteroatoms. The van der Waals surface area contributed by atoms with Crippen molar-refractivity contribution in [3.63, 3.8) is 0 Å². The van der Waals surface area contributed by atoms with Crippen LogP contribution in [0.15, 0.2) is 18.2 Å². The fraction of sp³-hybridized carbons (Fsp3) is 0.722. The average Bonchev–Trinajstić information content (AvgIpc) is 2.37. The molecule has 0 aliphatic rings. The Hall–Kier alpha value is -1.09. The molecule has 1 N–H and O–H groups in total. The zero-order valence-corrected chi connectivity index (χ0v) is 14.7. The summed E-state index contributed by atoms with van der Waals surface area (Å²) in [5.74, 6) is 3.08. The van der Waals surface area contributed by atoms with Crippen molar-refractivity contribution in [3.8, 4) is 0 Å². The van der Waals surface area contributed by atoms with Crippen LogP contribution in [0, 0.1) is 17.8 Å². The molecule has 0 saturated carbocycles. The lowest BCUT2D eigenvalue weighted by atomic mass is 10.1. The molecule has 0 fully saturated rings. The van der Waals surface area contributed by atoms with Crippen LogP contribution in [0.25, 0.3) is 0 Å². The minimum Gasteiger partial charge on any atom is -0.356 e.